The van der Waals surface area contributed by atoms with Gasteiger partial charge in [0.1, 0.15) is 0 Å². The molecule has 0 aliphatic heterocycles. The molecule has 0 rings (SSSR count). The van der Waals surface area contributed by atoms with Gasteiger partial charge in [-0.05, 0) is 0 Å². The van der Waals surface area contributed by atoms with Gasteiger partial charge in [0.2, 0.25) is 0 Å². The first kappa shape index (κ1) is 28.7. The number of alkyl halides is 16. The number of ether oxygens (including phenoxy) is 2. The molecular weight excluding hydrogens is 512 g/mol. The van der Waals surface area contributed by atoms with E-state index in [0.717, 1.165) is 0 Å². The summed E-state index contributed by atoms with van der Waals surface area (Å²) in [6.07, 6.45) is -36.7. The molecule has 0 amide bonds. The molecule has 0 spiro atoms. The first-order valence-electron chi connectivity index (χ1n) is 5.91. The van der Waals surface area contributed by atoms with Crippen molar-refractivity contribution in [3.63, 3.8) is 0 Å². The van der Waals surface area contributed by atoms with E-state index in [-0.39, 0.29) is 0 Å². The van der Waals surface area contributed by atoms with E-state index in [2.05, 4.69) is 0 Å². The fourth-order valence-electron chi connectivity index (χ4n) is 1.09. The fraction of sp³-hybridized carbons (Fsp3) is 1.00. The lowest BCUT2D eigenvalue weighted by Crippen LogP contribution is -2.66. The van der Waals surface area contributed by atoms with Crippen molar-refractivity contribution >= 4 is 10.1 Å². The molecule has 0 aliphatic rings. The summed E-state index contributed by atoms with van der Waals surface area (Å²) in [5.74, 6) is -15.1. The second-order valence-electron chi connectivity index (χ2n) is 4.76. The minimum absolute atomic E-state index is 1.28. The Labute approximate surface area is 152 Å². The zero-order valence-corrected chi connectivity index (χ0v) is 13.4. The van der Waals surface area contributed by atoms with Gasteiger partial charge >= 0.3 is 58.1 Å². The third-order valence-corrected chi connectivity index (χ3v) is 3.47. The highest BCUT2D eigenvalue weighted by atomic mass is 32.2. The topological polar surface area (TPSA) is 72.8 Å². The lowest BCUT2D eigenvalue weighted by Gasteiger charge is -2.38. The summed E-state index contributed by atoms with van der Waals surface area (Å²) in [7, 11) is -7.59. The highest BCUT2D eigenvalue weighted by Crippen LogP contribution is 2.55. The molecule has 30 heavy (non-hydrogen) atoms. The second-order valence-corrected chi connectivity index (χ2v) is 6.23. The highest BCUT2D eigenvalue weighted by Gasteiger charge is 2.84. The molecule has 0 heterocycles. The van der Waals surface area contributed by atoms with Gasteiger partial charge in [0.05, 0.1) is 0 Å². The Morgan fingerprint density at radius 1 is 0.633 bits per heavy atom. The van der Waals surface area contributed by atoms with Gasteiger partial charge in [-0.15, -0.1) is 0 Å². The van der Waals surface area contributed by atoms with Crippen LogP contribution in [0.15, 0.2) is 0 Å². The van der Waals surface area contributed by atoms with Crippen molar-refractivity contribution in [3.8, 4) is 0 Å². The van der Waals surface area contributed by atoms with Gasteiger partial charge in [-0.2, -0.15) is 69.9 Å². The van der Waals surface area contributed by atoms with Crippen molar-refractivity contribution in [1.82, 2.24) is 0 Å². The predicted octanol–water partition coefficient (Wildman–Crippen LogP) is 4.41. The van der Waals surface area contributed by atoms with Crippen LogP contribution in [0.2, 0.25) is 0 Å². The average Bonchev–Trinajstić information content (AvgIpc) is 2.42. The normalized spacial score (nSPS) is 17.9. The molecule has 5 nitrogen and oxygen atoms in total. The van der Waals surface area contributed by atoms with Crippen LogP contribution in [0.1, 0.15) is 0 Å². The van der Waals surface area contributed by atoms with E-state index < -0.39 is 58.1 Å². The maximum Gasteiger partial charge on any atom is 0.460 e. The minimum atomic E-state index is -8.01. The first-order chi connectivity index (χ1) is 12.6. The third kappa shape index (κ3) is 4.64. The van der Waals surface area contributed by atoms with E-state index in [1.165, 1.54) is 9.47 Å². The van der Waals surface area contributed by atoms with Gasteiger partial charge in [-0.25, -0.2) is 13.5 Å². The van der Waals surface area contributed by atoms with Crippen molar-refractivity contribution in [1.29, 1.82) is 0 Å². The molecule has 0 radical (unpaired) electrons. The highest BCUT2D eigenvalue weighted by molar-refractivity contribution is 7.86. The summed E-state index contributed by atoms with van der Waals surface area (Å²) >= 11 is 0. The molecule has 0 bridgehead atoms. The van der Waals surface area contributed by atoms with Crippen LogP contribution < -0.4 is 0 Å². The van der Waals surface area contributed by atoms with Crippen LogP contribution in [0.3, 0.4) is 0 Å². The van der Waals surface area contributed by atoms with Crippen LogP contribution in [-0.2, 0) is 19.6 Å². The molecule has 0 fully saturated rings. The molecule has 0 aromatic heterocycles. The molecule has 0 aliphatic carbocycles. The van der Waals surface area contributed by atoms with Crippen molar-refractivity contribution < 1.29 is 92.7 Å². The zero-order chi connectivity index (χ0) is 25.0. The van der Waals surface area contributed by atoms with E-state index >= 15 is 0 Å². The Hall–Kier alpha value is -1.29. The number of hydrogen-bond acceptors (Lipinski definition) is 4. The van der Waals surface area contributed by atoms with Gasteiger partial charge in [-0.3, -0.25) is 9.29 Å². The van der Waals surface area contributed by atoms with Crippen LogP contribution >= 0.6 is 0 Å². The Bertz CT molecular complexity index is 728. The van der Waals surface area contributed by atoms with Crippen LogP contribution in [0.5, 0.6) is 0 Å². The van der Waals surface area contributed by atoms with Gasteiger partial charge < -0.3 is 0 Å². The lowest BCUT2D eigenvalue weighted by molar-refractivity contribution is -0.548. The molecule has 1 N–H and O–H groups in total. The molecule has 1 unspecified atom stereocenters. The summed E-state index contributed by atoms with van der Waals surface area (Å²) < 4.78 is 233. The van der Waals surface area contributed by atoms with Gasteiger partial charge in [0, 0.05) is 0 Å². The van der Waals surface area contributed by atoms with E-state index in [9.17, 15) is 78.7 Å². The lowest BCUT2D eigenvalue weighted by atomic mass is 10.2. The number of rotatable bonds is 9. The smallest absolute Gasteiger partial charge is 0.281 e. The quantitative estimate of drug-likeness (QED) is 0.365. The minimum Gasteiger partial charge on any atom is -0.281 e. The monoisotopic (exact) mass is 514 g/mol. The number of hydrogen-bond donors (Lipinski definition) is 1. The third-order valence-electron chi connectivity index (χ3n) is 2.59. The predicted molar refractivity (Wildman–Crippen MR) is 54.4 cm³/mol. The van der Waals surface area contributed by atoms with Crippen LogP contribution in [0, 0.1) is 0 Å². The van der Waals surface area contributed by atoms with Crippen molar-refractivity contribution in [2.24, 2.45) is 0 Å². The van der Waals surface area contributed by atoms with E-state index in [0.29, 0.717) is 0 Å². The average molecular weight is 514 g/mol. The standard InChI is InChI=1S/C8H2F16O5S/c9-1(10)2(11,12)5(17,18)29-6(19,20)3(13,4(14,15)16)28-7(21,22)8(23,24)30(25,26)27/h1H,(H,25,26,27). The van der Waals surface area contributed by atoms with Crippen molar-refractivity contribution in [2.45, 2.75) is 48.0 Å². The van der Waals surface area contributed by atoms with Crippen LogP contribution in [0.25, 0.3) is 0 Å². The Morgan fingerprint density at radius 3 is 1.27 bits per heavy atom. The van der Waals surface area contributed by atoms with Crippen molar-refractivity contribution in [2.75, 3.05) is 0 Å². The fourth-order valence-corrected chi connectivity index (χ4v) is 1.43. The first-order valence-corrected chi connectivity index (χ1v) is 7.35. The summed E-state index contributed by atoms with van der Waals surface area (Å²) in [5, 5.41) is -7.38. The second kappa shape index (κ2) is 7.39. The maximum absolute atomic E-state index is 13.5. The summed E-state index contributed by atoms with van der Waals surface area (Å²) in [4.78, 5) is 0. The summed E-state index contributed by atoms with van der Waals surface area (Å²) in [5.41, 5.74) is 0. The molecule has 0 aromatic carbocycles. The molecule has 182 valence electrons. The van der Waals surface area contributed by atoms with Gasteiger partial charge in [0.25, 0.3) is 0 Å². The largest absolute Gasteiger partial charge is 0.460 e. The van der Waals surface area contributed by atoms with E-state index in [1.807, 2.05) is 0 Å². The molecule has 1 atom stereocenters. The van der Waals surface area contributed by atoms with Gasteiger partial charge in [0.15, 0.2) is 0 Å². The number of halogens is 16. The van der Waals surface area contributed by atoms with Crippen LogP contribution in [-0.4, -0.2) is 60.9 Å². The molecular formula is C8H2F16O5S. The van der Waals surface area contributed by atoms with E-state index in [4.69, 9.17) is 4.55 Å². The van der Waals surface area contributed by atoms with Crippen molar-refractivity contribution in [3.05, 3.63) is 0 Å². The summed E-state index contributed by atoms with van der Waals surface area (Å²) in [6.45, 7) is 0. The Balaban J connectivity index is 6.54. The molecule has 0 aromatic rings. The molecule has 0 saturated heterocycles. The molecule has 0 saturated carbocycles. The Kier molecular flexibility index (Phi) is 7.08. The Morgan fingerprint density at radius 2 is 1.00 bits per heavy atom. The van der Waals surface area contributed by atoms with Gasteiger partial charge in [-0.1, -0.05) is 0 Å². The van der Waals surface area contributed by atoms with E-state index in [1.54, 1.807) is 0 Å². The summed E-state index contributed by atoms with van der Waals surface area (Å²) in [6, 6.07) is 0. The maximum atomic E-state index is 13.5. The zero-order valence-electron chi connectivity index (χ0n) is 12.6. The van der Waals surface area contributed by atoms with Crippen LogP contribution in [0.4, 0.5) is 70.2 Å². The molecule has 22 heteroatoms. The SMILES string of the molecule is O=S(=O)(O)C(F)(F)C(F)(F)OC(F)(C(F)(F)F)C(F)(F)OC(F)(F)C(F)(F)C(F)F.